The van der Waals surface area contributed by atoms with Crippen LogP contribution >= 0.6 is 11.8 Å². The van der Waals surface area contributed by atoms with Crippen molar-refractivity contribution in [3.05, 3.63) is 70.1 Å². The van der Waals surface area contributed by atoms with E-state index in [9.17, 15) is 10.1 Å². The van der Waals surface area contributed by atoms with E-state index >= 15 is 0 Å². The molecule has 3 aromatic rings. The third-order valence-electron chi connectivity index (χ3n) is 3.46. The van der Waals surface area contributed by atoms with Crippen LogP contribution in [0.1, 0.15) is 11.5 Å². The molecule has 3 rings (SSSR count). The molecule has 0 spiro atoms. The summed E-state index contributed by atoms with van der Waals surface area (Å²) in [5.74, 6) is 1.84. The van der Waals surface area contributed by atoms with E-state index in [4.69, 9.17) is 13.9 Å². The minimum Gasteiger partial charge on any atom is -0.486 e. The first kappa shape index (κ1) is 18.7. The third kappa shape index (κ3) is 5.45. The van der Waals surface area contributed by atoms with Gasteiger partial charge < -0.3 is 13.9 Å². The molecule has 1 aromatic heterocycles. The molecule has 1 heterocycles. The van der Waals surface area contributed by atoms with E-state index in [-0.39, 0.29) is 24.7 Å². The number of thioether (sulfide) groups is 1. The van der Waals surface area contributed by atoms with Crippen molar-refractivity contribution in [3.8, 4) is 11.5 Å². The minimum absolute atomic E-state index is 0.0594. The summed E-state index contributed by atoms with van der Waals surface area (Å²) in [5, 5.41) is 19.2. The average Bonchev–Trinajstić information content (AvgIpc) is 3.13. The zero-order valence-corrected chi connectivity index (χ0v) is 15.3. The van der Waals surface area contributed by atoms with Crippen molar-refractivity contribution in [1.29, 1.82) is 0 Å². The van der Waals surface area contributed by atoms with Crippen molar-refractivity contribution < 1.29 is 18.8 Å². The molecule has 0 aliphatic rings. The van der Waals surface area contributed by atoms with Gasteiger partial charge in [0.2, 0.25) is 0 Å². The highest BCUT2D eigenvalue weighted by Crippen LogP contribution is 2.26. The number of para-hydroxylation sites is 2. The molecule has 0 N–H and O–H groups in total. The van der Waals surface area contributed by atoms with Crippen LogP contribution in [0, 0.1) is 17.0 Å². The minimum atomic E-state index is -0.471. The van der Waals surface area contributed by atoms with Crippen LogP contribution in [0.5, 0.6) is 11.5 Å². The Bertz CT molecular complexity index is 898. The number of benzene rings is 2. The Balaban J connectivity index is 1.43. The summed E-state index contributed by atoms with van der Waals surface area (Å²) in [5.41, 5.74) is 1.10. The Morgan fingerprint density at radius 3 is 2.67 bits per heavy atom. The standard InChI is InChI=1S/C18H17N3O5S/c1-13-6-8-14(9-7-13)25-12-17-19-20-18(26-17)27-11-10-24-16-5-3-2-4-15(16)21(22)23/h2-9H,10-12H2,1H3. The molecule has 2 aromatic carbocycles. The fourth-order valence-corrected chi connectivity index (χ4v) is 2.74. The molecule has 140 valence electrons. The van der Waals surface area contributed by atoms with Crippen LogP contribution < -0.4 is 9.47 Å². The summed E-state index contributed by atoms with van der Waals surface area (Å²) in [7, 11) is 0. The van der Waals surface area contributed by atoms with Gasteiger partial charge in [-0.2, -0.15) is 0 Å². The Labute approximate surface area is 159 Å². The lowest BCUT2D eigenvalue weighted by molar-refractivity contribution is -0.385. The summed E-state index contributed by atoms with van der Waals surface area (Å²) in [4.78, 5) is 10.5. The first-order valence-corrected chi connectivity index (χ1v) is 9.11. The summed E-state index contributed by atoms with van der Waals surface area (Å²) in [6, 6.07) is 13.9. The number of ether oxygens (including phenoxy) is 2. The molecule has 0 saturated carbocycles. The molecule has 0 atom stereocenters. The van der Waals surface area contributed by atoms with Crippen molar-refractivity contribution in [2.45, 2.75) is 18.8 Å². The third-order valence-corrected chi connectivity index (χ3v) is 4.24. The van der Waals surface area contributed by atoms with Crippen LogP contribution in [0.25, 0.3) is 0 Å². The van der Waals surface area contributed by atoms with Gasteiger partial charge in [0.25, 0.3) is 11.1 Å². The molecule has 8 nitrogen and oxygen atoms in total. The van der Waals surface area contributed by atoms with Crippen LogP contribution in [-0.2, 0) is 6.61 Å². The molecule has 0 unspecified atom stereocenters. The fraction of sp³-hybridized carbons (Fsp3) is 0.222. The molecule has 0 aliphatic heterocycles. The lowest BCUT2D eigenvalue weighted by Gasteiger charge is -2.05. The zero-order chi connectivity index (χ0) is 19.1. The normalized spacial score (nSPS) is 10.6. The summed E-state index contributed by atoms with van der Waals surface area (Å²) in [6.45, 7) is 2.46. The maximum atomic E-state index is 10.9. The number of nitrogens with zero attached hydrogens (tertiary/aromatic N) is 3. The van der Waals surface area contributed by atoms with Crippen LogP contribution in [0.4, 0.5) is 5.69 Å². The number of aryl methyl sites for hydroxylation is 1. The number of aromatic nitrogens is 2. The van der Waals surface area contributed by atoms with Crippen LogP contribution in [0.2, 0.25) is 0 Å². The van der Waals surface area contributed by atoms with Gasteiger partial charge >= 0.3 is 5.69 Å². The first-order chi connectivity index (χ1) is 13.1. The topological polar surface area (TPSA) is 101 Å². The highest BCUT2D eigenvalue weighted by molar-refractivity contribution is 7.99. The predicted octanol–water partition coefficient (Wildman–Crippen LogP) is 4.04. The Hall–Kier alpha value is -3.07. The van der Waals surface area contributed by atoms with Crippen LogP contribution in [0.15, 0.2) is 58.2 Å². The van der Waals surface area contributed by atoms with Gasteiger partial charge in [0.15, 0.2) is 12.4 Å². The molecule has 0 radical (unpaired) electrons. The lowest BCUT2D eigenvalue weighted by Crippen LogP contribution is -2.02. The van der Waals surface area contributed by atoms with Crippen molar-refractivity contribution in [1.82, 2.24) is 10.2 Å². The van der Waals surface area contributed by atoms with E-state index < -0.39 is 4.92 Å². The molecule has 9 heteroatoms. The van der Waals surface area contributed by atoms with Gasteiger partial charge in [-0.25, -0.2) is 0 Å². The van der Waals surface area contributed by atoms with Crippen molar-refractivity contribution >= 4 is 17.4 Å². The van der Waals surface area contributed by atoms with Gasteiger partial charge in [-0.1, -0.05) is 41.6 Å². The van der Waals surface area contributed by atoms with Crippen LogP contribution in [-0.4, -0.2) is 27.5 Å². The van der Waals surface area contributed by atoms with E-state index in [2.05, 4.69) is 10.2 Å². The van der Waals surface area contributed by atoms with E-state index in [0.717, 1.165) is 11.3 Å². The first-order valence-electron chi connectivity index (χ1n) is 8.12. The molecule has 0 aliphatic carbocycles. The SMILES string of the molecule is Cc1ccc(OCc2nnc(SCCOc3ccccc3[N+](=O)[O-])o2)cc1. The van der Waals surface area contributed by atoms with Gasteiger partial charge in [-0.3, -0.25) is 10.1 Å². The number of nitro groups is 1. The monoisotopic (exact) mass is 387 g/mol. The molecule has 0 amide bonds. The molecule has 27 heavy (non-hydrogen) atoms. The second kappa shape index (κ2) is 9.04. The Morgan fingerprint density at radius 1 is 1.11 bits per heavy atom. The van der Waals surface area contributed by atoms with Crippen molar-refractivity contribution in [2.75, 3.05) is 12.4 Å². The second-order valence-corrected chi connectivity index (χ2v) is 6.53. The number of hydrogen-bond donors (Lipinski definition) is 0. The van der Waals surface area contributed by atoms with E-state index in [1.54, 1.807) is 18.2 Å². The Morgan fingerprint density at radius 2 is 1.89 bits per heavy atom. The second-order valence-electron chi connectivity index (χ2n) is 5.49. The molecular formula is C18H17N3O5S. The predicted molar refractivity (Wildman–Crippen MR) is 99.1 cm³/mol. The lowest BCUT2D eigenvalue weighted by atomic mass is 10.2. The number of rotatable bonds is 9. The number of nitro benzene ring substituents is 1. The molecular weight excluding hydrogens is 370 g/mol. The zero-order valence-electron chi connectivity index (χ0n) is 14.5. The van der Waals surface area contributed by atoms with Crippen LogP contribution in [0.3, 0.4) is 0 Å². The maximum Gasteiger partial charge on any atom is 0.310 e. The average molecular weight is 387 g/mol. The summed E-state index contributed by atoms with van der Waals surface area (Å²) < 4.78 is 16.5. The summed E-state index contributed by atoms with van der Waals surface area (Å²) >= 11 is 1.31. The highest BCUT2D eigenvalue weighted by atomic mass is 32.2. The smallest absolute Gasteiger partial charge is 0.310 e. The number of hydrogen-bond acceptors (Lipinski definition) is 8. The molecule has 0 saturated heterocycles. The van der Waals surface area contributed by atoms with Gasteiger partial charge in [-0.15, -0.1) is 10.2 Å². The quantitative estimate of drug-likeness (QED) is 0.235. The van der Waals surface area contributed by atoms with Crippen molar-refractivity contribution in [3.63, 3.8) is 0 Å². The fourth-order valence-electron chi connectivity index (χ4n) is 2.15. The maximum absolute atomic E-state index is 10.9. The summed E-state index contributed by atoms with van der Waals surface area (Å²) in [6.07, 6.45) is 0. The largest absolute Gasteiger partial charge is 0.486 e. The van der Waals surface area contributed by atoms with Gasteiger partial charge in [0, 0.05) is 11.8 Å². The van der Waals surface area contributed by atoms with Gasteiger partial charge in [0.05, 0.1) is 11.5 Å². The van der Waals surface area contributed by atoms with Gasteiger partial charge in [-0.05, 0) is 25.1 Å². The Kier molecular flexibility index (Phi) is 6.26. The molecule has 0 bridgehead atoms. The van der Waals surface area contributed by atoms with Gasteiger partial charge in [0.1, 0.15) is 5.75 Å². The van der Waals surface area contributed by atoms with E-state index in [1.807, 2.05) is 31.2 Å². The highest BCUT2D eigenvalue weighted by Gasteiger charge is 2.13. The van der Waals surface area contributed by atoms with E-state index in [1.165, 1.54) is 17.8 Å². The van der Waals surface area contributed by atoms with Crippen molar-refractivity contribution in [2.24, 2.45) is 0 Å². The molecule has 0 fully saturated rings. The van der Waals surface area contributed by atoms with E-state index in [0.29, 0.717) is 16.9 Å².